The van der Waals surface area contributed by atoms with Crippen LogP contribution in [0.25, 0.3) is 11.3 Å². The van der Waals surface area contributed by atoms with Crippen LogP contribution >= 0.6 is 11.3 Å². The fraction of sp³-hybridized carbons (Fsp3) is 0.231. The fourth-order valence-electron chi connectivity index (χ4n) is 1.51. The quantitative estimate of drug-likeness (QED) is 0.900. The number of carbonyl (C=O) groups excluding carboxylic acids is 1. The van der Waals surface area contributed by atoms with E-state index in [9.17, 15) is 4.79 Å². The lowest BCUT2D eigenvalue weighted by Gasteiger charge is -1.98. The van der Waals surface area contributed by atoms with E-state index in [1.54, 1.807) is 11.3 Å². The summed E-state index contributed by atoms with van der Waals surface area (Å²) in [4.78, 5) is 15.3. The van der Waals surface area contributed by atoms with Gasteiger partial charge in [0.05, 0.1) is 10.7 Å². The van der Waals surface area contributed by atoms with Crippen LogP contribution in [-0.4, -0.2) is 17.4 Å². The number of hydrogen-bond donors (Lipinski definition) is 1. The summed E-state index contributed by atoms with van der Waals surface area (Å²) in [7, 11) is 0. The van der Waals surface area contributed by atoms with Gasteiger partial charge in [0.1, 0.15) is 0 Å². The van der Waals surface area contributed by atoms with Gasteiger partial charge < -0.3 is 5.32 Å². The second kappa shape index (κ2) is 5.59. The first-order valence-electron chi connectivity index (χ1n) is 5.50. The lowest BCUT2D eigenvalue weighted by molar-refractivity contribution is -0.118. The van der Waals surface area contributed by atoms with E-state index in [-0.39, 0.29) is 5.91 Å². The van der Waals surface area contributed by atoms with Crippen LogP contribution in [0.3, 0.4) is 0 Å². The molecule has 2 rings (SSSR count). The maximum Gasteiger partial charge on any atom is 0.216 e. The first-order valence-corrected chi connectivity index (χ1v) is 6.38. The molecule has 0 saturated carbocycles. The molecule has 2 aromatic rings. The van der Waals surface area contributed by atoms with Crippen molar-refractivity contribution in [1.29, 1.82) is 0 Å². The second-order valence-corrected chi connectivity index (χ2v) is 4.67. The van der Waals surface area contributed by atoms with Crippen LogP contribution in [0.4, 0.5) is 0 Å². The number of aromatic nitrogens is 1. The van der Waals surface area contributed by atoms with Gasteiger partial charge in [0, 0.05) is 30.8 Å². The van der Waals surface area contributed by atoms with Crippen LogP contribution in [0, 0.1) is 0 Å². The van der Waals surface area contributed by atoms with E-state index in [2.05, 4.69) is 15.7 Å². The highest BCUT2D eigenvalue weighted by molar-refractivity contribution is 7.09. The summed E-state index contributed by atoms with van der Waals surface area (Å²) in [5, 5.41) is 5.88. The average molecular weight is 246 g/mol. The van der Waals surface area contributed by atoms with Crippen molar-refractivity contribution in [1.82, 2.24) is 10.3 Å². The van der Waals surface area contributed by atoms with Crippen molar-refractivity contribution in [3.05, 3.63) is 40.7 Å². The third kappa shape index (κ3) is 3.39. The van der Waals surface area contributed by atoms with Crippen molar-refractivity contribution < 1.29 is 4.79 Å². The zero-order chi connectivity index (χ0) is 12.1. The lowest BCUT2D eigenvalue weighted by atomic mass is 10.2. The first kappa shape index (κ1) is 11.8. The molecule has 0 bridgehead atoms. The molecule has 1 heterocycles. The Morgan fingerprint density at radius 3 is 2.82 bits per heavy atom. The minimum Gasteiger partial charge on any atom is -0.356 e. The summed E-state index contributed by atoms with van der Waals surface area (Å²) in [5.74, 6) is 0.00448. The van der Waals surface area contributed by atoms with Gasteiger partial charge in [0.15, 0.2) is 0 Å². The molecule has 1 aromatic carbocycles. The Hall–Kier alpha value is -1.68. The van der Waals surface area contributed by atoms with Gasteiger partial charge in [-0.15, -0.1) is 11.3 Å². The van der Waals surface area contributed by atoms with Gasteiger partial charge in [-0.1, -0.05) is 30.3 Å². The molecular formula is C13H14N2OS. The zero-order valence-electron chi connectivity index (χ0n) is 9.64. The third-order valence-corrected chi connectivity index (χ3v) is 3.24. The summed E-state index contributed by atoms with van der Waals surface area (Å²) in [5.41, 5.74) is 2.14. The molecule has 1 N–H and O–H groups in total. The van der Waals surface area contributed by atoms with Gasteiger partial charge >= 0.3 is 0 Å². The van der Waals surface area contributed by atoms with Crippen LogP contribution < -0.4 is 5.32 Å². The highest BCUT2D eigenvalue weighted by atomic mass is 32.1. The molecule has 1 amide bonds. The maximum absolute atomic E-state index is 10.7. The van der Waals surface area contributed by atoms with Crippen molar-refractivity contribution in [2.45, 2.75) is 13.3 Å². The van der Waals surface area contributed by atoms with E-state index >= 15 is 0 Å². The number of nitrogens with one attached hydrogen (secondary N) is 1. The molecular weight excluding hydrogens is 232 g/mol. The number of carbonyl (C=O) groups is 1. The highest BCUT2D eigenvalue weighted by Crippen LogP contribution is 2.21. The van der Waals surface area contributed by atoms with Gasteiger partial charge in [-0.3, -0.25) is 4.79 Å². The summed E-state index contributed by atoms with van der Waals surface area (Å²) in [6.45, 7) is 2.17. The molecule has 0 radical (unpaired) electrons. The molecule has 88 valence electrons. The van der Waals surface area contributed by atoms with Gasteiger partial charge in [0.2, 0.25) is 5.91 Å². The predicted octanol–water partition coefficient (Wildman–Crippen LogP) is 2.49. The lowest BCUT2D eigenvalue weighted by Crippen LogP contribution is -2.22. The Bertz CT molecular complexity index is 493. The predicted molar refractivity (Wildman–Crippen MR) is 69.9 cm³/mol. The first-order chi connectivity index (χ1) is 8.25. The number of hydrogen-bond acceptors (Lipinski definition) is 3. The zero-order valence-corrected chi connectivity index (χ0v) is 10.5. The van der Waals surface area contributed by atoms with Gasteiger partial charge in [-0.25, -0.2) is 4.98 Å². The topological polar surface area (TPSA) is 42.0 Å². The number of benzene rings is 1. The fourth-order valence-corrected chi connectivity index (χ4v) is 2.32. The Morgan fingerprint density at radius 1 is 1.35 bits per heavy atom. The molecule has 0 aliphatic rings. The van der Waals surface area contributed by atoms with E-state index < -0.39 is 0 Å². The molecule has 0 spiro atoms. The number of nitrogens with zero attached hydrogens (tertiary/aromatic N) is 1. The van der Waals surface area contributed by atoms with Crippen LogP contribution in [0.5, 0.6) is 0 Å². The highest BCUT2D eigenvalue weighted by Gasteiger charge is 2.03. The van der Waals surface area contributed by atoms with Gasteiger partial charge in [0.25, 0.3) is 0 Å². The molecule has 0 fully saturated rings. The Morgan fingerprint density at radius 2 is 2.12 bits per heavy atom. The Balaban J connectivity index is 1.99. The molecule has 0 unspecified atom stereocenters. The van der Waals surface area contributed by atoms with E-state index in [1.807, 2.05) is 30.3 Å². The minimum atomic E-state index is 0.00448. The molecule has 0 saturated heterocycles. The van der Waals surface area contributed by atoms with Crippen molar-refractivity contribution in [3.8, 4) is 11.3 Å². The minimum absolute atomic E-state index is 0.00448. The summed E-state index contributed by atoms with van der Waals surface area (Å²) < 4.78 is 0. The molecule has 0 aliphatic carbocycles. The van der Waals surface area contributed by atoms with Crippen LogP contribution in [0.15, 0.2) is 35.7 Å². The van der Waals surface area contributed by atoms with Crippen molar-refractivity contribution >= 4 is 17.2 Å². The molecule has 0 aliphatic heterocycles. The SMILES string of the molecule is CC(=O)NCCc1nc(-c2ccccc2)cs1. The number of rotatable bonds is 4. The van der Waals surface area contributed by atoms with Crippen LogP contribution in [-0.2, 0) is 11.2 Å². The van der Waals surface area contributed by atoms with E-state index in [1.165, 1.54) is 6.92 Å². The van der Waals surface area contributed by atoms with Crippen LogP contribution in [0.1, 0.15) is 11.9 Å². The van der Waals surface area contributed by atoms with Crippen molar-refractivity contribution in [3.63, 3.8) is 0 Å². The van der Waals surface area contributed by atoms with Gasteiger partial charge in [-0.2, -0.15) is 0 Å². The summed E-state index contributed by atoms with van der Waals surface area (Å²) in [6, 6.07) is 10.1. The normalized spacial score (nSPS) is 10.2. The number of amides is 1. The molecule has 1 aromatic heterocycles. The van der Waals surface area contributed by atoms with Gasteiger partial charge in [-0.05, 0) is 0 Å². The van der Waals surface area contributed by atoms with E-state index in [0.29, 0.717) is 6.54 Å². The molecule has 3 nitrogen and oxygen atoms in total. The molecule has 0 atom stereocenters. The van der Waals surface area contributed by atoms with E-state index in [0.717, 1.165) is 22.7 Å². The number of thiazole rings is 1. The monoisotopic (exact) mass is 246 g/mol. The average Bonchev–Trinajstić information content (AvgIpc) is 2.78. The second-order valence-electron chi connectivity index (χ2n) is 3.73. The molecule has 4 heteroatoms. The van der Waals surface area contributed by atoms with Crippen LogP contribution in [0.2, 0.25) is 0 Å². The Labute approximate surface area is 105 Å². The van der Waals surface area contributed by atoms with Crippen molar-refractivity contribution in [2.24, 2.45) is 0 Å². The smallest absolute Gasteiger partial charge is 0.216 e. The van der Waals surface area contributed by atoms with Crippen molar-refractivity contribution in [2.75, 3.05) is 6.54 Å². The summed E-state index contributed by atoms with van der Waals surface area (Å²) >= 11 is 1.63. The standard InChI is InChI=1S/C13H14N2OS/c1-10(16)14-8-7-13-15-12(9-17-13)11-5-3-2-4-6-11/h2-6,9H,7-8H2,1H3,(H,14,16). The summed E-state index contributed by atoms with van der Waals surface area (Å²) in [6.07, 6.45) is 0.789. The maximum atomic E-state index is 10.7. The Kier molecular flexibility index (Phi) is 3.88. The third-order valence-electron chi connectivity index (χ3n) is 2.33. The largest absolute Gasteiger partial charge is 0.356 e. The molecule has 17 heavy (non-hydrogen) atoms. The van der Waals surface area contributed by atoms with E-state index in [4.69, 9.17) is 0 Å².